The van der Waals surface area contributed by atoms with Crippen molar-refractivity contribution in [2.45, 2.75) is 27.2 Å². The lowest BCUT2D eigenvalue weighted by molar-refractivity contribution is 0.289. The Hall–Kier alpha value is -0.0800. The molecule has 2 rings (SSSR count). The second kappa shape index (κ2) is 5.72. The molecule has 0 saturated carbocycles. The van der Waals surface area contributed by atoms with Crippen molar-refractivity contribution in [2.24, 2.45) is 11.8 Å². The van der Waals surface area contributed by atoms with Gasteiger partial charge in [0.1, 0.15) is 0 Å². The van der Waals surface area contributed by atoms with Gasteiger partial charge in [0.15, 0.2) is 0 Å². The number of likely N-dealkylation sites (tertiary alicyclic amines) is 2. The highest BCUT2D eigenvalue weighted by Gasteiger charge is 2.37. The SMILES string of the molecule is CCC.CCN1C[C@H]2CN(C)C[C@H]2C1. The van der Waals surface area contributed by atoms with E-state index in [2.05, 4.69) is 37.6 Å². The maximum Gasteiger partial charge on any atom is 0.00255 e. The standard InChI is InChI=1S/C9H18N2.C3H8/c1-3-11-6-8-4-10(2)5-9(8)7-11;1-3-2/h8-9H,3-7H2,1-2H3;3H2,1-2H3/t8-,9+;. The molecule has 2 fully saturated rings. The van der Waals surface area contributed by atoms with Crippen molar-refractivity contribution in [1.29, 1.82) is 0 Å². The van der Waals surface area contributed by atoms with Gasteiger partial charge in [-0.25, -0.2) is 0 Å². The number of rotatable bonds is 1. The lowest BCUT2D eigenvalue weighted by atomic mass is 10.0. The molecule has 0 radical (unpaired) electrons. The zero-order valence-electron chi connectivity index (χ0n) is 10.3. The zero-order chi connectivity index (χ0) is 10.6. The highest BCUT2D eigenvalue weighted by molar-refractivity contribution is 4.91. The first-order valence-corrected chi connectivity index (χ1v) is 6.12. The Balaban J connectivity index is 0.000000293. The minimum atomic E-state index is 0.986. The van der Waals surface area contributed by atoms with E-state index in [0.717, 1.165) is 11.8 Å². The fourth-order valence-corrected chi connectivity index (χ4v) is 2.58. The summed E-state index contributed by atoms with van der Waals surface area (Å²) < 4.78 is 0. The van der Waals surface area contributed by atoms with E-state index in [1.165, 1.54) is 39.1 Å². The van der Waals surface area contributed by atoms with Crippen molar-refractivity contribution in [3.8, 4) is 0 Å². The normalized spacial score (nSPS) is 32.6. The molecule has 2 saturated heterocycles. The van der Waals surface area contributed by atoms with Gasteiger partial charge in [-0.3, -0.25) is 0 Å². The molecule has 0 bridgehead atoms. The highest BCUT2D eigenvalue weighted by atomic mass is 15.2. The Morgan fingerprint density at radius 2 is 1.36 bits per heavy atom. The van der Waals surface area contributed by atoms with Crippen LogP contribution in [-0.2, 0) is 0 Å². The van der Waals surface area contributed by atoms with Gasteiger partial charge < -0.3 is 9.80 Å². The minimum absolute atomic E-state index is 0.986. The molecule has 0 aliphatic carbocycles. The summed E-state index contributed by atoms with van der Waals surface area (Å²) in [6.07, 6.45) is 1.25. The van der Waals surface area contributed by atoms with Crippen LogP contribution in [-0.4, -0.2) is 49.6 Å². The maximum absolute atomic E-state index is 2.59. The summed E-state index contributed by atoms with van der Waals surface area (Å²) in [6, 6.07) is 0. The fraction of sp³-hybridized carbons (Fsp3) is 1.00. The predicted molar refractivity (Wildman–Crippen MR) is 62.6 cm³/mol. The van der Waals surface area contributed by atoms with E-state index in [1.807, 2.05) is 0 Å². The van der Waals surface area contributed by atoms with Crippen LogP contribution in [0.5, 0.6) is 0 Å². The Morgan fingerprint density at radius 3 is 1.71 bits per heavy atom. The molecule has 0 unspecified atom stereocenters. The van der Waals surface area contributed by atoms with Crippen molar-refractivity contribution in [2.75, 3.05) is 39.8 Å². The summed E-state index contributed by atoms with van der Waals surface area (Å²) in [5.74, 6) is 1.97. The molecule has 0 spiro atoms. The van der Waals surface area contributed by atoms with Gasteiger partial charge in [-0.05, 0) is 25.4 Å². The molecule has 2 aliphatic heterocycles. The lowest BCUT2D eigenvalue weighted by Crippen LogP contribution is -2.26. The summed E-state index contributed by atoms with van der Waals surface area (Å²) in [4.78, 5) is 5.06. The average molecular weight is 198 g/mol. The second-order valence-electron chi connectivity index (χ2n) is 4.80. The monoisotopic (exact) mass is 198 g/mol. The molecule has 0 aromatic heterocycles. The number of hydrogen-bond acceptors (Lipinski definition) is 2. The molecule has 84 valence electrons. The van der Waals surface area contributed by atoms with E-state index in [-0.39, 0.29) is 0 Å². The van der Waals surface area contributed by atoms with Crippen LogP contribution in [0.4, 0.5) is 0 Å². The molecule has 0 amide bonds. The minimum Gasteiger partial charge on any atom is -0.306 e. The molecule has 2 nitrogen and oxygen atoms in total. The van der Waals surface area contributed by atoms with Crippen molar-refractivity contribution >= 4 is 0 Å². The summed E-state index contributed by atoms with van der Waals surface area (Å²) in [7, 11) is 2.24. The molecule has 0 aromatic carbocycles. The molecule has 2 atom stereocenters. The highest BCUT2D eigenvalue weighted by Crippen LogP contribution is 2.29. The molecule has 2 heterocycles. The summed E-state index contributed by atoms with van der Waals surface area (Å²) in [5.41, 5.74) is 0. The van der Waals surface area contributed by atoms with Gasteiger partial charge in [-0.15, -0.1) is 0 Å². The first-order chi connectivity index (χ1) is 6.71. The molecule has 0 N–H and O–H groups in total. The third-order valence-electron chi connectivity index (χ3n) is 3.19. The van der Waals surface area contributed by atoms with Gasteiger partial charge in [-0.1, -0.05) is 27.2 Å². The van der Waals surface area contributed by atoms with Gasteiger partial charge in [0.05, 0.1) is 0 Å². The van der Waals surface area contributed by atoms with Gasteiger partial charge in [-0.2, -0.15) is 0 Å². The van der Waals surface area contributed by atoms with Crippen molar-refractivity contribution in [1.82, 2.24) is 9.80 Å². The first kappa shape index (κ1) is 12.0. The molecular formula is C12H26N2. The van der Waals surface area contributed by atoms with Crippen LogP contribution in [0.3, 0.4) is 0 Å². The lowest BCUT2D eigenvalue weighted by Gasteiger charge is -2.16. The fourth-order valence-electron chi connectivity index (χ4n) is 2.58. The number of hydrogen-bond donors (Lipinski definition) is 0. The topological polar surface area (TPSA) is 6.48 Å². The molecule has 14 heavy (non-hydrogen) atoms. The van der Waals surface area contributed by atoms with E-state index in [0.29, 0.717) is 0 Å². The second-order valence-corrected chi connectivity index (χ2v) is 4.80. The van der Waals surface area contributed by atoms with Crippen LogP contribution in [0, 0.1) is 11.8 Å². The van der Waals surface area contributed by atoms with Crippen molar-refractivity contribution in [3.05, 3.63) is 0 Å². The van der Waals surface area contributed by atoms with Gasteiger partial charge in [0.25, 0.3) is 0 Å². The Bertz CT molecular complexity index is 144. The van der Waals surface area contributed by atoms with E-state index in [1.54, 1.807) is 0 Å². The molecule has 2 heteroatoms. The third-order valence-corrected chi connectivity index (χ3v) is 3.19. The summed E-state index contributed by atoms with van der Waals surface area (Å²) in [6.45, 7) is 13.1. The summed E-state index contributed by atoms with van der Waals surface area (Å²) >= 11 is 0. The van der Waals surface area contributed by atoms with Crippen LogP contribution in [0.25, 0.3) is 0 Å². The zero-order valence-corrected chi connectivity index (χ0v) is 10.3. The Labute approximate surface area is 89.3 Å². The summed E-state index contributed by atoms with van der Waals surface area (Å²) in [5, 5.41) is 0. The van der Waals surface area contributed by atoms with E-state index in [4.69, 9.17) is 0 Å². The van der Waals surface area contributed by atoms with Crippen LogP contribution in [0.2, 0.25) is 0 Å². The van der Waals surface area contributed by atoms with Gasteiger partial charge in [0, 0.05) is 26.2 Å². The van der Waals surface area contributed by atoms with Crippen molar-refractivity contribution in [3.63, 3.8) is 0 Å². The average Bonchev–Trinajstić information content (AvgIpc) is 2.61. The van der Waals surface area contributed by atoms with E-state index >= 15 is 0 Å². The van der Waals surface area contributed by atoms with Gasteiger partial charge in [0.2, 0.25) is 0 Å². The van der Waals surface area contributed by atoms with Gasteiger partial charge >= 0.3 is 0 Å². The van der Waals surface area contributed by atoms with Crippen LogP contribution < -0.4 is 0 Å². The quantitative estimate of drug-likeness (QED) is 0.635. The maximum atomic E-state index is 2.59. The van der Waals surface area contributed by atoms with Crippen LogP contribution >= 0.6 is 0 Å². The largest absolute Gasteiger partial charge is 0.306 e. The van der Waals surface area contributed by atoms with Crippen molar-refractivity contribution < 1.29 is 0 Å². The predicted octanol–water partition coefficient (Wildman–Crippen LogP) is 1.92. The van der Waals surface area contributed by atoms with E-state index in [9.17, 15) is 0 Å². The Morgan fingerprint density at radius 1 is 0.929 bits per heavy atom. The van der Waals surface area contributed by atoms with Crippen LogP contribution in [0.1, 0.15) is 27.2 Å². The Kier molecular flexibility index (Phi) is 4.90. The van der Waals surface area contributed by atoms with E-state index < -0.39 is 0 Å². The molecule has 2 aliphatic rings. The molecular weight excluding hydrogens is 172 g/mol. The third kappa shape index (κ3) is 2.96. The smallest absolute Gasteiger partial charge is 0.00255 e. The molecule has 0 aromatic rings. The number of nitrogens with zero attached hydrogens (tertiary/aromatic N) is 2. The first-order valence-electron chi connectivity index (χ1n) is 6.12. The number of fused-ring (bicyclic) bond motifs is 1. The van der Waals surface area contributed by atoms with Crippen LogP contribution in [0.15, 0.2) is 0 Å².